The fourth-order valence-electron chi connectivity index (χ4n) is 6.53. The largest absolute Gasteiger partial charge is 0.351 e. The van der Waals surface area contributed by atoms with Crippen LogP contribution >= 0.6 is 0 Å². The molecule has 2 aromatic heterocycles. The first-order chi connectivity index (χ1) is 16.5. The van der Waals surface area contributed by atoms with Crippen molar-refractivity contribution in [2.45, 2.75) is 76.5 Å². The van der Waals surface area contributed by atoms with Crippen molar-refractivity contribution in [1.82, 2.24) is 19.5 Å². The molecule has 8 nitrogen and oxygen atoms in total. The van der Waals surface area contributed by atoms with E-state index < -0.39 is 0 Å². The Morgan fingerprint density at radius 2 is 1.74 bits per heavy atom. The number of benzene rings is 1. The van der Waals surface area contributed by atoms with Gasteiger partial charge in [0.25, 0.3) is 0 Å². The Labute approximate surface area is 201 Å². The summed E-state index contributed by atoms with van der Waals surface area (Å²) in [5, 5.41) is 3.63. The SMILES string of the molecule is CC(C)n1cnc2c(N[N+]34CCC(CC3)C4c3ccccc3)nc(N[C@H]3CC[C@H](N)CC3)nc21. The van der Waals surface area contributed by atoms with Crippen molar-refractivity contribution in [3.63, 3.8) is 0 Å². The number of fused-ring (bicyclic) bond motifs is 3. The van der Waals surface area contributed by atoms with Gasteiger partial charge in [0.1, 0.15) is 19.1 Å². The lowest BCUT2D eigenvalue weighted by Gasteiger charge is -2.36. The van der Waals surface area contributed by atoms with Gasteiger partial charge < -0.3 is 15.6 Å². The molecule has 2 saturated heterocycles. The van der Waals surface area contributed by atoms with Gasteiger partial charge in [0.05, 0.1) is 6.33 Å². The Balaban J connectivity index is 1.37. The van der Waals surface area contributed by atoms with Gasteiger partial charge in [-0.3, -0.25) is 0 Å². The molecule has 2 bridgehead atoms. The molecule has 6 rings (SSSR count). The zero-order valence-electron chi connectivity index (χ0n) is 20.3. The molecule has 3 aromatic rings. The van der Waals surface area contributed by atoms with Crippen molar-refractivity contribution in [2.75, 3.05) is 23.8 Å². The lowest BCUT2D eigenvalue weighted by molar-refractivity contribution is -0.916. The Kier molecular flexibility index (Phi) is 5.45. The van der Waals surface area contributed by atoms with E-state index in [1.165, 1.54) is 18.4 Å². The number of hydrogen-bond acceptors (Lipinski definition) is 6. The Morgan fingerprint density at radius 1 is 1.00 bits per heavy atom. The van der Waals surface area contributed by atoms with Crippen molar-refractivity contribution in [1.29, 1.82) is 0 Å². The summed E-state index contributed by atoms with van der Waals surface area (Å²) in [6.07, 6.45) is 8.62. The van der Waals surface area contributed by atoms with E-state index in [1.54, 1.807) is 0 Å². The Hall–Kier alpha value is -2.71. The van der Waals surface area contributed by atoms with Crippen LogP contribution in [-0.4, -0.2) is 49.3 Å². The van der Waals surface area contributed by atoms with Gasteiger partial charge in [-0.1, -0.05) is 30.3 Å². The first-order valence-corrected chi connectivity index (χ1v) is 13.0. The predicted molar refractivity (Wildman–Crippen MR) is 135 cm³/mol. The topological polar surface area (TPSA) is 93.7 Å². The smallest absolute Gasteiger partial charge is 0.227 e. The van der Waals surface area contributed by atoms with Gasteiger partial charge in [0.15, 0.2) is 11.2 Å². The van der Waals surface area contributed by atoms with Gasteiger partial charge in [-0.25, -0.2) is 15.0 Å². The minimum Gasteiger partial charge on any atom is -0.351 e. The number of anilines is 2. The zero-order chi connectivity index (χ0) is 23.3. The van der Waals surface area contributed by atoms with Crippen molar-refractivity contribution < 1.29 is 4.59 Å². The number of nitrogens with two attached hydrogens (primary N) is 1. The van der Waals surface area contributed by atoms with Crippen molar-refractivity contribution >= 4 is 22.9 Å². The fourth-order valence-corrected chi connectivity index (χ4v) is 6.53. The number of hydrogen-bond donors (Lipinski definition) is 3. The molecular weight excluding hydrogens is 424 g/mol. The molecule has 1 atom stereocenters. The van der Waals surface area contributed by atoms with Gasteiger partial charge >= 0.3 is 0 Å². The van der Waals surface area contributed by atoms with Crippen molar-refractivity contribution in [2.24, 2.45) is 11.7 Å². The third-order valence-electron chi connectivity index (χ3n) is 8.33. The maximum Gasteiger partial charge on any atom is 0.227 e. The van der Waals surface area contributed by atoms with Gasteiger partial charge in [0, 0.05) is 42.4 Å². The molecule has 3 fully saturated rings. The number of nitrogens with one attached hydrogen (secondary N) is 2. The van der Waals surface area contributed by atoms with E-state index in [2.05, 4.69) is 59.5 Å². The Bertz CT molecular complexity index is 1140. The third kappa shape index (κ3) is 3.73. The van der Waals surface area contributed by atoms with E-state index in [0.29, 0.717) is 30.0 Å². The molecule has 4 heterocycles. The molecule has 1 aliphatic carbocycles. The quantitative estimate of drug-likeness (QED) is 0.471. The van der Waals surface area contributed by atoms with Crippen LogP contribution in [0.25, 0.3) is 11.2 Å². The van der Waals surface area contributed by atoms with E-state index in [-0.39, 0.29) is 6.04 Å². The van der Waals surface area contributed by atoms with E-state index in [4.69, 9.17) is 20.7 Å². The molecule has 8 heteroatoms. The lowest BCUT2D eigenvalue weighted by atomic mass is 9.92. The van der Waals surface area contributed by atoms with Gasteiger partial charge in [-0.2, -0.15) is 9.97 Å². The molecule has 180 valence electrons. The van der Waals surface area contributed by atoms with Gasteiger partial charge in [-0.15, -0.1) is 0 Å². The average Bonchev–Trinajstić information content (AvgIpc) is 3.52. The lowest BCUT2D eigenvalue weighted by Crippen LogP contribution is -2.50. The van der Waals surface area contributed by atoms with Crippen LogP contribution in [0.5, 0.6) is 0 Å². The highest BCUT2D eigenvalue weighted by Crippen LogP contribution is 2.51. The number of quaternary nitrogens is 1. The molecule has 0 amide bonds. The molecule has 4 N–H and O–H groups in total. The van der Waals surface area contributed by atoms with Crippen LogP contribution in [0.15, 0.2) is 36.7 Å². The number of piperidine rings is 1. The minimum atomic E-state index is 0.278. The number of imidazole rings is 1. The summed E-state index contributed by atoms with van der Waals surface area (Å²) in [7, 11) is 0. The summed E-state index contributed by atoms with van der Waals surface area (Å²) in [5.74, 6) is 2.26. The summed E-state index contributed by atoms with van der Waals surface area (Å²) < 4.78 is 3.00. The highest BCUT2D eigenvalue weighted by molar-refractivity contribution is 5.84. The molecule has 1 aromatic carbocycles. The molecule has 0 spiro atoms. The maximum atomic E-state index is 6.13. The Morgan fingerprint density at radius 3 is 2.44 bits per heavy atom. The fraction of sp³-hybridized carbons (Fsp3) is 0.577. The van der Waals surface area contributed by atoms with E-state index >= 15 is 0 Å². The zero-order valence-corrected chi connectivity index (χ0v) is 20.3. The van der Waals surface area contributed by atoms with Crippen LogP contribution in [0, 0.1) is 5.92 Å². The number of nitrogens with zero attached hydrogens (tertiary/aromatic N) is 5. The average molecular weight is 462 g/mol. The highest BCUT2D eigenvalue weighted by Gasteiger charge is 2.56. The maximum absolute atomic E-state index is 6.13. The number of rotatable bonds is 6. The van der Waals surface area contributed by atoms with Crippen molar-refractivity contribution in [3.05, 3.63) is 42.2 Å². The normalized spacial score (nSPS) is 30.8. The van der Waals surface area contributed by atoms with Crippen LogP contribution < -0.4 is 16.5 Å². The molecule has 34 heavy (non-hydrogen) atoms. The van der Waals surface area contributed by atoms with Crippen LogP contribution in [0.2, 0.25) is 0 Å². The van der Waals surface area contributed by atoms with Gasteiger partial charge in [0.2, 0.25) is 11.8 Å². The van der Waals surface area contributed by atoms with E-state index in [9.17, 15) is 0 Å². The molecule has 1 unspecified atom stereocenters. The molecule has 0 radical (unpaired) electrons. The van der Waals surface area contributed by atoms with Crippen LogP contribution in [0.1, 0.15) is 70.0 Å². The standard InChI is InChI=1S/C26H37N8/c1-17(2)33-16-28-22-24(30-26(31-25(22)33)29-21-10-8-20(27)9-11-21)32-34-14-12-19(13-15-34)23(34)18-6-4-3-5-7-18/h3-7,16-17,19-21,23H,8-15,27H2,1-2H3,(H2,29,30,31,32)/q+1/t19?,20-,21-,23?,34?. The van der Waals surface area contributed by atoms with Crippen molar-refractivity contribution in [3.8, 4) is 0 Å². The van der Waals surface area contributed by atoms with E-state index in [0.717, 1.165) is 60.3 Å². The first kappa shape index (κ1) is 21.8. The van der Waals surface area contributed by atoms with Crippen LogP contribution in [0.3, 0.4) is 0 Å². The molecule has 2 aliphatic heterocycles. The second-order valence-corrected chi connectivity index (χ2v) is 10.9. The first-order valence-electron chi connectivity index (χ1n) is 13.0. The van der Waals surface area contributed by atoms with Gasteiger partial charge in [-0.05, 0) is 39.5 Å². The summed E-state index contributed by atoms with van der Waals surface area (Å²) in [5.41, 5.74) is 13.2. The van der Waals surface area contributed by atoms with Crippen LogP contribution in [0.4, 0.5) is 11.8 Å². The van der Waals surface area contributed by atoms with Crippen LogP contribution in [-0.2, 0) is 0 Å². The second kappa shape index (κ2) is 8.50. The molecule has 1 saturated carbocycles. The minimum absolute atomic E-state index is 0.278. The second-order valence-electron chi connectivity index (χ2n) is 10.9. The monoisotopic (exact) mass is 461 g/mol. The summed E-state index contributed by atoms with van der Waals surface area (Å²) in [4.78, 5) is 14.8. The third-order valence-corrected chi connectivity index (χ3v) is 8.33. The predicted octanol–water partition coefficient (Wildman–Crippen LogP) is 4.40. The number of aromatic nitrogens is 4. The van der Waals surface area contributed by atoms with E-state index in [1.807, 2.05) is 6.33 Å². The molecule has 3 aliphatic rings. The summed E-state index contributed by atoms with van der Waals surface area (Å²) in [6.45, 7) is 6.57. The summed E-state index contributed by atoms with van der Waals surface area (Å²) >= 11 is 0. The molecular formula is C26H37N8+. The highest BCUT2D eigenvalue weighted by atomic mass is 15.7. The summed E-state index contributed by atoms with van der Waals surface area (Å²) in [6, 6.07) is 12.4.